The fourth-order valence-corrected chi connectivity index (χ4v) is 2.54. The number of carbonyl (C=O) groups excluding carboxylic acids is 1. The summed E-state index contributed by atoms with van der Waals surface area (Å²) in [5.74, 6) is -1.60. The van der Waals surface area contributed by atoms with E-state index in [4.69, 9.17) is 27.2 Å². The first-order valence-electron chi connectivity index (χ1n) is 6.01. The van der Waals surface area contributed by atoms with Gasteiger partial charge >= 0.3 is 5.97 Å². The Kier molecular flexibility index (Phi) is 3.87. The van der Waals surface area contributed by atoms with Crippen LogP contribution in [0.5, 0.6) is 0 Å². The smallest absolute Gasteiger partial charge is 0.329 e. The first kappa shape index (κ1) is 14.6. The van der Waals surface area contributed by atoms with Gasteiger partial charge in [0.25, 0.3) is 5.91 Å². The number of carbonyl (C=O) groups is 2. The zero-order chi connectivity index (χ0) is 14.9. The maximum Gasteiger partial charge on any atom is 0.329 e. The first-order valence-corrected chi connectivity index (χ1v) is 6.39. The molecule has 1 saturated heterocycles. The average molecular weight is 299 g/mol. The topological polar surface area (TPSA) is 92.9 Å². The second-order valence-electron chi connectivity index (χ2n) is 4.99. The Bertz CT molecular complexity index is 555. The van der Waals surface area contributed by atoms with E-state index in [2.05, 4.69) is 0 Å². The van der Waals surface area contributed by atoms with Crippen molar-refractivity contribution in [3.8, 4) is 0 Å². The van der Waals surface area contributed by atoms with Crippen molar-refractivity contribution in [2.45, 2.75) is 12.5 Å². The predicted octanol–water partition coefficient (Wildman–Crippen LogP) is 1.12. The number of hydrogen-bond donors (Lipinski definition) is 2. The monoisotopic (exact) mass is 298 g/mol. The molecule has 1 aromatic carbocycles. The van der Waals surface area contributed by atoms with Crippen molar-refractivity contribution in [3.05, 3.63) is 28.8 Å². The molecule has 1 aliphatic rings. The molecule has 6 nitrogen and oxygen atoms in total. The number of halogens is 1. The van der Waals surface area contributed by atoms with Crippen LogP contribution in [0.25, 0.3) is 0 Å². The molecule has 0 saturated carbocycles. The Morgan fingerprint density at radius 3 is 2.70 bits per heavy atom. The van der Waals surface area contributed by atoms with Crippen molar-refractivity contribution in [1.29, 1.82) is 0 Å². The molecule has 0 aliphatic carbocycles. The summed E-state index contributed by atoms with van der Waals surface area (Å²) in [6, 6.07) is 5.09. The second kappa shape index (κ2) is 5.30. The summed E-state index contributed by atoms with van der Waals surface area (Å²) in [6.45, 7) is 2.42. The zero-order valence-corrected chi connectivity index (χ0v) is 11.7. The molecule has 1 heterocycles. The molecule has 0 aromatic heterocycles. The molecule has 3 N–H and O–H groups in total. The van der Waals surface area contributed by atoms with Gasteiger partial charge in [0, 0.05) is 13.1 Å². The quantitative estimate of drug-likeness (QED) is 0.849. The van der Waals surface area contributed by atoms with Crippen molar-refractivity contribution in [2.75, 3.05) is 24.6 Å². The van der Waals surface area contributed by atoms with E-state index in [9.17, 15) is 9.59 Å². The third-order valence-electron chi connectivity index (χ3n) is 3.17. The Balaban J connectivity index is 2.11. The number of benzene rings is 1. The van der Waals surface area contributed by atoms with Crippen LogP contribution in [0.3, 0.4) is 0 Å². The molecule has 0 radical (unpaired) electrons. The van der Waals surface area contributed by atoms with Crippen LogP contribution < -0.4 is 10.6 Å². The molecule has 108 valence electrons. The Morgan fingerprint density at radius 2 is 2.15 bits per heavy atom. The van der Waals surface area contributed by atoms with Crippen molar-refractivity contribution >= 4 is 29.2 Å². The second-order valence-corrected chi connectivity index (χ2v) is 5.39. The fourth-order valence-electron chi connectivity index (χ4n) is 2.28. The van der Waals surface area contributed by atoms with E-state index in [1.54, 1.807) is 18.2 Å². The molecule has 1 amide bonds. The van der Waals surface area contributed by atoms with Crippen LogP contribution in [0.4, 0.5) is 5.69 Å². The van der Waals surface area contributed by atoms with E-state index in [1.807, 2.05) is 11.8 Å². The van der Waals surface area contributed by atoms with Crippen LogP contribution in [-0.4, -0.2) is 42.3 Å². The van der Waals surface area contributed by atoms with Crippen LogP contribution in [0, 0.1) is 0 Å². The number of aliphatic carboxylic acids is 1. The minimum Gasteiger partial charge on any atom is -0.480 e. The highest BCUT2D eigenvalue weighted by atomic mass is 35.5. The van der Waals surface area contributed by atoms with Gasteiger partial charge in [-0.25, -0.2) is 4.79 Å². The van der Waals surface area contributed by atoms with E-state index in [1.165, 1.54) is 0 Å². The summed E-state index contributed by atoms with van der Waals surface area (Å²) in [5, 5.41) is 8.92. The van der Waals surface area contributed by atoms with Crippen molar-refractivity contribution < 1.29 is 19.4 Å². The van der Waals surface area contributed by atoms with E-state index in [0.29, 0.717) is 23.8 Å². The number of carboxylic acid groups (broad SMARTS) is 1. The predicted molar refractivity (Wildman–Crippen MR) is 74.2 cm³/mol. The van der Waals surface area contributed by atoms with Crippen LogP contribution in [0.2, 0.25) is 5.02 Å². The molecule has 0 atom stereocenters. The minimum absolute atomic E-state index is 0.273. The number of anilines is 1. The zero-order valence-electron chi connectivity index (χ0n) is 10.9. The van der Waals surface area contributed by atoms with Gasteiger partial charge in [0.15, 0.2) is 0 Å². The van der Waals surface area contributed by atoms with E-state index >= 15 is 0 Å². The van der Waals surface area contributed by atoms with Crippen molar-refractivity contribution in [2.24, 2.45) is 5.73 Å². The molecule has 7 heteroatoms. The van der Waals surface area contributed by atoms with Gasteiger partial charge in [-0.2, -0.15) is 0 Å². The van der Waals surface area contributed by atoms with Crippen molar-refractivity contribution in [1.82, 2.24) is 0 Å². The first-order chi connectivity index (χ1) is 9.32. The average Bonchev–Trinajstić information content (AvgIpc) is 2.32. The summed E-state index contributed by atoms with van der Waals surface area (Å²) >= 11 is 5.99. The Hall–Kier alpha value is -1.79. The molecule has 0 unspecified atom stereocenters. The summed E-state index contributed by atoms with van der Waals surface area (Å²) in [5.41, 5.74) is 5.71. The van der Waals surface area contributed by atoms with Gasteiger partial charge in [0.2, 0.25) is 0 Å². The number of rotatable bonds is 5. The highest BCUT2D eigenvalue weighted by Gasteiger charge is 2.41. The van der Waals surface area contributed by atoms with Gasteiger partial charge < -0.3 is 20.5 Å². The lowest BCUT2D eigenvalue weighted by Crippen LogP contribution is -2.62. The van der Waals surface area contributed by atoms with Gasteiger partial charge in [-0.15, -0.1) is 0 Å². The van der Waals surface area contributed by atoms with Crippen LogP contribution in [-0.2, 0) is 9.53 Å². The summed E-state index contributed by atoms with van der Waals surface area (Å²) in [4.78, 5) is 23.9. The van der Waals surface area contributed by atoms with Crippen LogP contribution in [0.1, 0.15) is 17.3 Å². The van der Waals surface area contributed by atoms with Crippen LogP contribution >= 0.6 is 11.6 Å². The third-order valence-corrected chi connectivity index (χ3v) is 3.49. The summed E-state index contributed by atoms with van der Waals surface area (Å²) in [6.07, 6.45) is 0. The minimum atomic E-state index is -1.01. The highest BCUT2D eigenvalue weighted by molar-refractivity contribution is 6.34. The number of hydrogen-bond acceptors (Lipinski definition) is 4. The van der Waals surface area contributed by atoms with Crippen LogP contribution in [0.15, 0.2) is 18.2 Å². The number of primary amides is 1. The van der Waals surface area contributed by atoms with E-state index < -0.39 is 17.5 Å². The summed E-state index contributed by atoms with van der Waals surface area (Å²) < 4.78 is 5.32. The third kappa shape index (κ3) is 2.86. The van der Waals surface area contributed by atoms with Gasteiger partial charge in [0.1, 0.15) is 12.2 Å². The maximum absolute atomic E-state index is 11.5. The van der Waals surface area contributed by atoms with Gasteiger partial charge in [-0.1, -0.05) is 17.7 Å². The van der Waals surface area contributed by atoms with E-state index in [0.717, 1.165) is 0 Å². The van der Waals surface area contributed by atoms with Gasteiger partial charge in [0.05, 0.1) is 16.3 Å². The molecule has 1 aromatic rings. The fraction of sp³-hybridized carbons (Fsp3) is 0.385. The molecule has 0 spiro atoms. The highest BCUT2D eigenvalue weighted by Crippen LogP contribution is 2.34. The van der Waals surface area contributed by atoms with E-state index in [-0.39, 0.29) is 12.2 Å². The SMILES string of the molecule is CC1(OCC(=O)O)CN(c2cccc(Cl)c2C(N)=O)C1. The van der Waals surface area contributed by atoms with Gasteiger partial charge in [-0.3, -0.25) is 4.79 Å². The van der Waals surface area contributed by atoms with Gasteiger partial charge in [-0.05, 0) is 19.1 Å². The molecule has 2 rings (SSSR count). The summed E-state index contributed by atoms with van der Waals surface area (Å²) in [7, 11) is 0. The lowest BCUT2D eigenvalue weighted by atomic mass is 9.94. The molecular weight excluding hydrogens is 284 g/mol. The molecule has 20 heavy (non-hydrogen) atoms. The number of ether oxygens (including phenoxy) is 1. The molecule has 1 aliphatic heterocycles. The molecule has 0 bridgehead atoms. The number of nitrogens with zero attached hydrogens (tertiary/aromatic N) is 1. The Morgan fingerprint density at radius 1 is 1.50 bits per heavy atom. The molecular formula is C13H15ClN2O4. The van der Waals surface area contributed by atoms with Crippen molar-refractivity contribution in [3.63, 3.8) is 0 Å². The number of amides is 1. The number of nitrogens with two attached hydrogens (primary N) is 1. The molecule has 1 fully saturated rings. The Labute approximate surface area is 121 Å². The maximum atomic E-state index is 11.5. The standard InChI is InChI=1S/C13H15ClN2O4/c1-13(20-5-10(17)18)6-16(7-13)9-4-2-3-8(14)11(9)12(15)19/h2-4H,5-7H2,1H3,(H2,15,19)(H,17,18). The lowest BCUT2D eigenvalue weighted by Gasteiger charge is -2.49. The lowest BCUT2D eigenvalue weighted by molar-refractivity contribution is -0.150. The largest absolute Gasteiger partial charge is 0.480 e. The number of carboxylic acids is 1. The normalized spacial score (nSPS) is 16.6.